The van der Waals surface area contributed by atoms with Crippen molar-refractivity contribution >= 4 is 11.9 Å². The molecule has 72 heavy (non-hydrogen) atoms. The number of carbonyl (C=O) groups is 2. The first kappa shape index (κ1) is 61.0. The minimum atomic E-state index is -2.29. The van der Waals surface area contributed by atoms with Crippen LogP contribution in [0.3, 0.4) is 0 Å². The fourth-order valence-electron chi connectivity index (χ4n) is 8.98. The van der Waals surface area contributed by atoms with E-state index in [1.54, 1.807) is 69.4 Å². The van der Waals surface area contributed by atoms with Crippen LogP contribution in [0.15, 0.2) is 85.1 Å². The van der Waals surface area contributed by atoms with Crippen molar-refractivity contribution in [3.8, 4) is 0 Å². The fourth-order valence-corrected chi connectivity index (χ4v) is 8.98. The first-order chi connectivity index (χ1) is 34.2. The number of rotatable bonds is 5. The summed E-state index contributed by atoms with van der Waals surface area (Å²) in [4.78, 5) is 26.6. The Morgan fingerprint density at radius 3 is 1.96 bits per heavy atom. The number of nitrogens with one attached hydrogen (secondary N) is 1. The van der Waals surface area contributed by atoms with Gasteiger partial charge in [0, 0.05) is 44.1 Å². The molecule has 2 unspecified atom stereocenters. The second-order valence-electron chi connectivity index (χ2n) is 19.5. The maximum absolute atomic E-state index is 13.9. The number of fused-ring (bicyclic) bond motifs is 2. The number of hydrogen-bond acceptors (Lipinski definition) is 19. The molecule has 3 fully saturated rings. The van der Waals surface area contributed by atoms with Gasteiger partial charge in [0.2, 0.25) is 5.91 Å². The van der Waals surface area contributed by atoms with Crippen molar-refractivity contribution in [1.82, 2.24) is 5.32 Å². The van der Waals surface area contributed by atoms with Gasteiger partial charge in [0.15, 0.2) is 12.1 Å². The monoisotopic (exact) mass is 1020 g/mol. The van der Waals surface area contributed by atoms with Crippen LogP contribution >= 0.6 is 0 Å². The smallest absolute Gasteiger partial charge is 0.308 e. The summed E-state index contributed by atoms with van der Waals surface area (Å²) in [5.41, 5.74) is 6.12. The highest BCUT2D eigenvalue weighted by Gasteiger charge is 2.51. The minimum absolute atomic E-state index is 0.0350. The molecule has 4 heterocycles. The van der Waals surface area contributed by atoms with E-state index in [2.05, 4.69) is 5.32 Å². The third-order valence-corrected chi connectivity index (χ3v) is 13.4. The summed E-state index contributed by atoms with van der Waals surface area (Å²) in [6.07, 6.45) is 3.97. The molecule has 2 bridgehead atoms. The lowest BCUT2D eigenvalue weighted by Gasteiger charge is -2.46. The number of nitrogens with two attached hydrogens (primary N) is 1. The first-order valence-corrected chi connectivity index (χ1v) is 25.1. The summed E-state index contributed by atoms with van der Waals surface area (Å²) in [7, 11) is 0. The Morgan fingerprint density at radius 1 is 0.708 bits per heavy atom. The number of aliphatic hydroxyl groups is 10. The summed E-state index contributed by atoms with van der Waals surface area (Å²) in [6, 6.07) is -1.14. The summed E-state index contributed by atoms with van der Waals surface area (Å²) < 4.78 is 34.9. The van der Waals surface area contributed by atoms with Gasteiger partial charge in [0.05, 0.1) is 111 Å². The maximum atomic E-state index is 13.9. The summed E-state index contributed by atoms with van der Waals surface area (Å²) in [5.74, 6) is -5.72. The average molecular weight is 1020 g/mol. The molecule has 0 aromatic heterocycles. The van der Waals surface area contributed by atoms with Gasteiger partial charge in [0.25, 0.3) is 0 Å². The van der Waals surface area contributed by atoms with E-state index >= 15 is 0 Å². The van der Waals surface area contributed by atoms with Gasteiger partial charge in [-0.25, -0.2) is 0 Å². The highest BCUT2D eigenvalue weighted by Crippen LogP contribution is 2.38. The lowest BCUT2D eigenvalue weighted by Crippen LogP contribution is -2.62. The van der Waals surface area contributed by atoms with Crippen LogP contribution in [0.25, 0.3) is 0 Å². The highest BCUT2D eigenvalue weighted by molar-refractivity contribution is 5.80. The molecule has 20 atom stereocenters. The zero-order chi connectivity index (χ0) is 53.0. The van der Waals surface area contributed by atoms with E-state index in [-0.39, 0.29) is 44.8 Å². The predicted molar refractivity (Wildman–Crippen MR) is 263 cm³/mol. The molecule has 4 rings (SSSR count). The van der Waals surface area contributed by atoms with Crippen LogP contribution in [0, 0.1) is 17.8 Å². The molecule has 408 valence electrons. The molecule has 0 aromatic carbocycles. The molecule has 13 N–H and O–H groups in total. The quantitative estimate of drug-likeness (QED) is 0.163. The number of hydrogen-bond donors (Lipinski definition) is 12. The Kier molecular flexibility index (Phi) is 26.1. The molecule has 0 spiro atoms. The van der Waals surface area contributed by atoms with E-state index in [1.807, 2.05) is 43.4 Å². The SMILES string of the molecule is C[C@@H]1[C@H](O)[C@@H](C)/C=C/C=C/C=C/C=C/C=C/C=C/C=C/[C@H](O[C@@H]2O[C@H](C)[C@@H](O)[C@H](N)[C@@H]2O)C[C@@H]2O[C@](O)(C[C@@H](O)C[C@@H](O)[C@H](O)CC[C@@H](O)C[C@@H](O)CC(=O)O[C@H]1C)C[C@H](O)C2C(=O)NCC1COCCO1. The van der Waals surface area contributed by atoms with Crippen LogP contribution in [-0.2, 0) is 38.0 Å². The lowest BCUT2D eigenvalue weighted by atomic mass is 9.82. The molecule has 0 aliphatic carbocycles. The normalized spacial score (nSPS) is 44.5. The zero-order valence-electron chi connectivity index (χ0n) is 41.9. The van der Waals surface area contributed by atoms with E-state index < -0.39 is 153 Å². The Labute approximate surface area is 422 Å². The number of carbonyl (C=O) groups excluding carboxylic acids is 2. The van der Waals surface area contributed by atoms with Crippen molar-refractivity contribution in [2.45, 2.75) is 183 Å². The summed E-state index contributed by atoms with van der Waals surface area (Å²) in [5, 5.41) is 113. The molecule has 0 radical (unpaired) electrons. The third-order valence-electron chi connectivity index (χ3n) is 13.4. The van der Waals surface area contributed by atoms with Crippen molar-refractivity contribution < 1.29 is 89.1 Å². The second-order valence-corrected chi connectivity index (χ2v) is 19.5. The largest absolute Gasteiger partial charge is 0.462 e. The van der Waals surface area contributed by atoms with Crippen LogP contribution in [0.4, 0.5) is 0 Å². The molecule has 1 amide bonds. The van der Waals surface area contributed by atoms with Crippen molar-refractivity contribution in [3.05, 3.63) is 85.1 Å². The number of ether oxygens (including phenoxy) is 6. The number of aliphatic hydroxyl groups excluding tert-OH is 9. The van der Waals surface area contributed by atoms with E-state index in [0.29, 0.717) is 13.2 Å². The van der Waals surface area contributed by atoms with Crippen molar-refractivity contribution in [3.63, 3.8) is 0 Å². The van der Waals surface area contributed by atoms with Crippen LogP contribution in [0.2, 0.25) is 0 Å². The number of amides is 1. The Bertz CT molecular complexity index is 1840. The van der Waals surface area contributed by atoms with Gasteiger partial charge in [-0.2, -0.15) is 0 Å². The van der Waals surface area contributed by atoms with E-state index in [4.69, 9.17) is 34.2 Å². The minimum Gasteiger partial charge on any atom is -0.462 e. The molecule has 0 saturated carbocycles. The molecule has 20 nitrogen and oxygen atoms in total. The van der Waals surface area contributed by atoms with E-state index in [1.165, 1.54) is 0 Å². The van der Waals surface area contributed by atoms with Crippen molar-refractivity contribution in [1.29, 1.82) is 0 Å². The van der Waals surface area contributed by atoms with E-state index in [0.717, 1.165) is 0 Å². The Morgan fingerprint density at radius 2 is 1.33 bits per heavy atom. The molecule has 20 heteroatoms. The number of esters is 1. The maximum Gasteiger partial charge on any atom is 0.308 e. The standard InChI is InChI=1S/C52H82N2O18/c1-31-17-15-13-11-9-7-5-6-8-10-12-14-16-18-38(71-51-49(64)46(53)48(63)34(4)70-51)26-43-45(50(65)54-29-39-30-67-21-22-68-39)42(60)28-52(66,72-43)27-37(57)24-41(59)40(58)20-19-35(55)23-36(56)25-44(61)69-33(3)32(2)47(31)62/h5-18,31-43,45-49,51,55-60,62-64,66H,19-30,53H2,1-4H3,(H,54,65)/b6-5+,9-7+,10-8+,13-11+,14-12+,17-15+,18-16+/t31-,32-,33-,34+,35+,36+,37-,38-,39?,40+,41+,42-,43-,45?,46-,47+,48+,49-,51-,52+/m0/s1. The van der Waals surface area contributed by atoms with Gasteiger partial charge < -0.3 is 90.5 Å². The van der Waals surface area contributed by atoms with Gasteiger partial charge >= 0.3 is 5.97 Å². The Hall–Kier alpha value is -3.52. The topological polar surface area (TPSA) is 330 Å². The molecule has 3 saturated heterocycles. The van der Waals surface area contributed by atoms with Crippen LogP contribution in [0.1, 0.15) is 79.1 Å². The van der Waals surface area contributed by atoms with Crippen molar-refractivity contribution in [2.24, 2.45) is 23.5 Å². The fraction of sp³-hybridized carbons (Fsp3) is 0.692. The third kappa shape index (κ3) is 20.3. The molecule has 0 aromatic rings. The number of allylic oxidation sites excluding steroid dienone is 12. The Balaban J connectivity index is 1.60. The van der Waals surface area contributed by atoms with Gasteiger partial charge in [0.1, 0.15) is 12.2 Å². The molecule has 4 aliphatic heterocycles. The molecule has 4 aliphatic rings. The lowest BCUT2D eigenvalue weighted by molar-refractivity contribution is -0.307. The summed E-state index contributed by atoms with van der Waals surface area (Å²) >= 11 is 0. The number of cyclic esters (lactones) is 1. The predicted octanol–water partition coefficient (Wildman–Crippen LogP) is 0.159. The second kappa shape index (κ2) is 30.8. The van der Waals surface area contributed by atoms with Crippen molar-refractivity contribution in [2.75, 3.05) is 26.4 Å². The van der Waals surface area contributed by atoms with Gasteiger partial charge in [-0.1, -0.05) is 98.9 Å². The van der Waals surface area contributed by atoms with Gasteiger partial charge in [-0.15, -0.1) is 0 Å². The average Bonchev–Trinajstić information content (AvgIpc) is 3.32. The molecular weight excluding hydrogens is 941 g/mol. The van der Waals surface area contributed by atoms with Crippen LogP contribution in [0.5, 0.6) is 0 Å². The zero-order valence-corrected chi connectivity index (χ0v) is 41.9. The highest BCUT2D eigenvalue weighted by atomic mass is 16.7. The van der Waals surface area contributed by atoms with Gasteiger partial charge in [-0.05, 0) is 33.1 Å². The van der Waals surface area contributed by atoms with Gasteiger partial charge in [-0.3, -0.25) is 9.59 Å². The van der Waals surface area contributed by atoms with Crippen LogP contribution in [-0.4, -0.2) is 193 Å². The van der Waals surface area contributed by atoms with E-state index in [9.17, 15) is 60.7 Å². The summed E-state index contributed by atoms with van der Waals surface area (Å²) in [6.45, 7) is 7.78. The molecular formula is C52H82N2O18. The first-order valence-electron chi connectivity index (χ1n) is 25.1. The van der Waals surface area contributed by atoms with Crippen LogP contribution < -0.4 is 11.1 Å².